The molecule has 0 spiro atoms. The summed E-state index contributed by atoms with van der Waals surface area (Å²) < 4.78 is 16.7. The molecule has 7 nitrogen and oxygen atoms in total. The van der Waals surface area contributed by atoms with Crippen LogP contribution >= 0.6 is 11.3 Å². The summed E-state index contributed by atoms with van der Waals surface area (Å²) in [7, 11) is 0. The minimum atomic E-state index is -0.194. The van der Waals surface area contributed by atoms with E-state index in [1.54, 1.807) is 16.2 Å². The lowest BCUT2D eigenvalue weighted by molar-refractivity contribution is -0.118. The molecule has 1 amide bonds. The number of aromatic nitrogens is 2. The molecule has 1 aliphatic heterocycles. The Kier molecular flexibility index (Phi) is 6.00. The Morgan fingerprint density at radius 2 is 1.90 bits per heavy atom. The van der Waals surface area contributed by atoms with Crippen LogP contribution in [0.1, 0.15) is 48.7 Å². The Balaban J connectivity index is 1.53. The van der Waals surface area contributed by atoms with Gasteiger partial charge >= 0.3 is 0 Å². The maximum Gasteiger partial charge on any atom is 0.227 e. The molecule has 4 rings (SSSR count). The zero-order valence-electron chi connectivity index (χ0n) is 18.3. The monoisotopic (exact) mass is 441 g/mol. The number of hydrogen-bond donors (Lipinski definition) is 0. The highest BCUT2D eigenvalue weighted by molar-refractivity contribution is 7.11. The summed E-state index contributed by atoms with van der Waals surface area (Å²) in [5.74, 6) is 2.48. The first-order valence-electron chi connectivity index (χ1n) is 10.4. The van der Waals surface area contributed by atoms with Crippen molar-refractivity contribution in [3.63, 3.8) is 0 Å². The molecule has 1 aliphatic rings. The van der Waals surface area contributed by atoms with Gasteiger partial charge in [0.25, 0.3) is 0 Å². The molecular weight excluding hydrogens is 414 g/mol. The van der Waals surface area contributed by atoms with E-state index in [4.69, 9.17) is 14.0 Å². The number of carbonyl (C=O) groups is 1. The Hall–Kier alpha value is -2.87. The first-order valence-corrected chi connectivity index (χ1v) is 11.2. The van der Waals surface area contributed by atoms with E-state index in [2.05, 4.69) is 29.2 Å². The summed E-state index contributed by atoms with van der Waals surface area (Å²) in [6, 6.07) is 9.76. The fraction of sp³-hybridized carbons (Fsp3) is 0.435. The van der Waals surface area contributed by atoms with Gasteiger partial charge in [-0.1, -0.05) is 25.9 Å². The maximum absolute atomic E-state index is 13.3. The van der Waals surface area contributed by atoms with Gasteiger partial charge in [-0.25, -0.2) is 0 Å². The van der Waals surface area contributed by atoms with Gasteiger partial charge in [0.15, 0.2) is 17.3 Å². The van der Waals surface area contributed by atoms with Crippen molar-refractivity contribution >= 4 is 22.9 Å². The summed E-state index contributed by atoms with van der Waals surface area (Å²) in [4.78, 5) is 21.8. The van der Waals surface area contributed by atoms with E-state index in [-0.39, 0.29) is 17.7 Å². The number of nitrogens with zero attached hydrogens (tertiary/aromatic N) is 3. The molecule has 0 fully saturated rings. The van der Waals surface area contributed by atoms with E-state index >= 15 is 0 Å². The van der Waals surface area contributed by atoms with Crippen LogP contribution in [0.25, 0.3) is 0 Å². The Morgan fingerprint density at radius 3 is 2.58 bits per heavy atom. The van der Waals surface area contributed by atoms with Crippen molar-refractivity contribution in [2.45, 2.75) is 52.5 Å². The average molecular weight is 442 g/mol. The molecule has 1 aromatic carbocycles. The van der Waals surface area contributed by atoms with Crippen LogP contribution in [0.4, 0.5) is 5.69 Å². The molecule has 0 N–H and O–H groups in total. The second-order valence-corrected chi connectivity index (χ2v) is 9.95. The Bertz CT molecular complexity index is 1070. The van der Waals surface area contributed by atoms with E-state index in [9.17, 15) is 4.79 Å². The van der Waals surface area contributed by atoms with Gasteiger partial charge in [-0.2, -0.15) is 4.98 Å². The number of ether oxygens (including phenoxy) is 2. The zero-order chi connectivity index (χ0) is 22.0. The van der Waals surface area contributed by atoms with E-state index in [1.165, 1.54) is 4.88 Å². The number of hydrogen-bond acceptors (Lipinski definition) is 7. The van der Waals surface area contributed by atoms with Crippen molar-refractivity contribution in [2.24, 2.45) is 0 Å². The third-order valence-electron chi connectivity index (χ3n) is 4.94. The van der Waals surface area contributed by atoms with E-state index < -0.39 is 0 Å². The van der Waals surface area contributed by atoms with Crippen molar-refractivity contribution in [1.29, 1.82) is 0 Å². The lowest BCUT2D eigenvalue weighted by Crippen LogP contribution is -2.30. The second-order valence-electron chi connectivity index (χ2n) is 8.58. The minimum absolute atomic E-state index is 0.0155. The number of thiophene rings is 1. The number of carbonyl (C=O) groups excluding carboxylic acids is 1. The third kappa shape index (κ3) is 5.07. The SMILES string of the molecule is Cc1ccc(CN(C(=O)CCc2nc(C(C)(C)C)no2)c2ccc3c(c2)OCCO3)s1. The highest BCUT2D eigenvalue weighted by atomic mass is 32.1. The molecule has 3 heterocycles. The molecular formula is C23H27N3O4S. The summed E-state index contributed by atoms with van der Waals surface area (Å²) in [6.07, 6.45) is 0.664. The summed E-state index contributed by atoms with van der Waals surface area (Å²) >= 11 is 1.69. The number of rotatable bonds is 6. The number of amides is 1. The minimum Gasteiger partial charge on any atom is -0.486 e. The van der Waals surface area contributed by atoms with Gasteiger partial charge in [-0.15, -0.1) is 11.3 Å². The van der Waals surface area contributed by atoms with Crippen molar-refractivity contribution in [1.82, 2.24) is 10.1 Å². The maximum atomic E-state index is 13.3. The summed E-state index contributed by atoms with van der Waals surface area (Å²) in [5.41, 5.74) is 0.584. The number of fused-ring (bicyclic) bond motifs is 1. The van der Waals surface area contributed by atoms with Gasteiger partial charge in [0.1, 0.15) is 13.2 Å². The topological polar surface area (TPSA) is 77.7 Å². The molecule has 3 aromatic rings. The molecule has 8 heteroatoms. The predicted molar refractivity (Wildman–Crippen MR) is 119 cm³/mol. The second kappa shape index (κ2) is 8.70. The van der Waals surface area contributed by atoms with Gasteiger partial charge in [0.2, 0.25) is 11.8 Å². The fourth-order valence-electron chi connectivity index (χ4n) is 3.26. The molecule has 0 saturated heterocycles. The van der Waals surface area contributed by atoms with Gasteiger partial charge < -0.3 is 18.9 Å². The number of benzene rings is 1. The molecule has 0 atom stereocenters. The molecule has 0 bridgehead atoms. The fourth-order valence-corrected chi connectivity index (χ4v) is 4.14. The standard InChI is InChI=1S/C23H27N3O4S/c1-15-5-7-17(31-15)14-26(16-6-8-18-19(13-16)29-12-11-28-18)21(27)10-9-20-24-22(25-30-20)23(2,3)4/h5-8,13H,9-12,14H2,1-4H3. The van der Waals surface area contributed by atoms with Gasteiger partial charge in [-0.05, 0) is 31.2 Å². The first kappa shape index (κ1) is 21.4. The zero-order valence-corrected chi connectivity index (χ0v) is 19.1. The number of aryl methyl sites for hydroxylation is 2. The van der Waals surface area contributed by atoms with Gasteiger partial charge in [0.05, 0.1) is 6.54 Å². The summed E-state index contributed by atoms with van der Waals surface area (Å²) in [5, 5.41) is 4.05. The van der Waals surface area contributed by atoms with Crippen molar-refractivity contribution < 1.29 is 18.8 Å². The predicted octanol–water partition coefficient (Wildman–Crippen LogP) is 4.67. The van der Waals surface area contributed by atoms with Crippen molar-refractivity contribution in [3.8, 4) is 11.5 Å². The smallest absolute Gasteiger partial charge is 0.227 e. The highest BCUT2D eigenvalue weighted by Crippen LogP contribution is 2.35. The lowest BCUT2D eigenvalue weighted by Gasteiger charge is -2.25. The molecule has 0 saturated carbocycles. The molecule has 0 aliphatic carbocycles. The average Bonchev–Trinajstić information content (AvgIpc) is 3.39. The summed E-state index contributed by atoms with van der Waals surface area (Å²) in [6.45, 7) is 9.67. The third-order valence-corrected chi connectivity index (χ3v) is 5.93. The largest absolute Gasteiger partial charge is 0.486 e. The first-order chi connectivity index (χ1) is 14.8. The Morgan fingerprint density at radius 1 is 1.13 bits per heavy atom. The van der Waals surface area contributed by atoms with Gasteiger partial charge in [-0.3, -0.25) is 4.79 Å². The normalized spacial score (nSPS) is 13.3. The van der Waals surface area contributed by atoms with Crippen LogP contribution in [0, 0.1) is 6.92 Å². The van der Waals surface area contributed by atoms with Crippen molar-refractivity contribution in [3.05, 3.63) is 51.8 Å². The van der Waals surface area contributed by atoms with Crippen LogP contribution in [0.2, 0.25) is 0 Å². The quantitative estimate of drug-likeness (QED) is 0.553. The molecule has 0 unspecified atom stereocenters. The molecule has 164 valence electrons. The highest BCUT2D eigenvalue weighted by Gasteiger charge is 2.23. The van der Waals surface area contributed by atoms with E-state index in [1.807, 2.05) is 39.0 Å². The number of anilines is 1. The van der Waals surface area contributed by atoms with Crippen LogP contribution in [0.15, 0.2) is 34.9 Å². The van der Waals surface area contributed by atoms with Crippen molar-refractivity contribution in [2.75, 3.05) is 18.1 Å². The lowest BCUT2D eigenvalue weighted by atomic mass is 9.96. The van der Waals surface area contributed by atoms with E-state index in [0.717, 1.165) is 10.6 Å². The molecule has 31 heavy (non-hydrogen) atoms. The van der Waals surface area contributed by atoms with Crippen LogP contribution in [-0.4, -0.2) is 29.3 Å². The van der Waals surface area contributed by atoms with Crippen LogP contribution in [-0.2, 0) is 23.2 Å². The molecule has 2 aromatic heterocycles. The van der Waals surface area contributed by atoms with Crippen LogP contribution in [0.3, 0.4) is 0 Å². The van der Waals surface area contributed by atoms with Crippen LogP contribution < -0.4 is 14.4 Å². The van der Waals surface area contributed by atoms with Gasteiger partial charge in [0, 0.05) is 39.8 Å². The van der Waals surface area contributed by atoms with E-state index in [0.29, 0.717) is 49.4 Å². The molecule has 0 radical (unpaired) electrons. The van der Waals surface area contributed by atoms with Crippen LogP contribution in [0.5, 0.6) is 11.5 Å². The Labute approximate surface area is 186 Å².